The molecule has 0 bridgehead atoms. The summed E-state index contributed by atoms with van der Waals surface area (Å²) < 4.78 is 11.5. The van der Waals surface area contributed by atoms with Gasteiger partial charge in [0.15, 0.2) is 0 Å². The molecule has 6 nitrogen and oxygen atoms in total. The van der Waals surface area contributed by atoms with E-state index in [9.17, 15) is 9.90 Å². The second-order valence-electron chi connectivity index (χ2n) is 8.10. The van der Waals surface area contributed by atoms with Gasteiger partial charge < -0.3 is 24.8 Å². The molecular formula is C17H24BNO5. The molecule has 3 rings (SSSR count). The van der Waals surface area contributed by atoms with Gasteiger partial charge in [-0.3, -0.25) is 0 Å². The molecule has 0 atom stereocenters. The first-order valence-corrected chi connectivity index (χ1v) is 8.18. The summed E-state index contributed by atoms with van der Waals surface area (Å²) in [6.45, 7) is 7.17. The van der Waals surface area contributed by atoms with Crippen molar-refractivity contribution in [3.05, 3.63) is 29.8 Å². The zero-order chi connectivity index (χ0) is 17.6. The molecular weight excluding hydrogens is 309 g/mol. The second kappa shape index (κ2) is 5.76. The lowest BCUT2D eigenvalue weighted by Crippen LogP contribution is -2.61. The van der Waals surface area contributed by atoms with Crippen LogP contribution in [0.1, 0.15) is 39.2 Å². The summed E-state index contributed by atoms with van der Waals surface area (Å²) in [5.41, 5.74) is 0.192. The zero-order valence-electron chi connectivity index (χ0n) is 14.3. The average molecular weight is 333 g/mol. The Morgan fingerprint density at radius 1 is 1.12 bits per heavy atom. The number of nitrogens with one attached hydrogen (secondary N) is 1. The van der Waals surface area contributed by atoms with Gasteiger partial charge in [-0.15, -0.1) is 0 Å². The van der Waals surface area contributed by atoms with Gasteiger partial charge >= 0.3 is 13.2 Å². The Bertz CT molecular complexity index is 610. The minimum absolute atomic E-state index is 0.0173. The number of hydrogen-bond acceptors (Lipinski definition) is 4. The van der Waals surface area contributed by atoms with Crippen molar-refractivity contribution in [3.8, 4) is 0 Å². The summed E-state index contributed by atoms with van der Waals surface area (Å²) in [4.78, 5) is 11.1. The fourth-order valence-electron chi connectivity index (χ4n) is 3.66. The molecule has 0 unspecified atom stereocenters. The summed E-state index contributed by atoms with van der Waals surface area (Å²) in [6, 6.07) is 7.56. The van der Waals surface area contributed by atoms with E-state index < -0.39 is 17.2 Å². The predicted octanol–water partition coefficient (Wildman–Crippen LogP) is 1.46. The molecule has 1 aromatic carbocycles. The first-order valence-electron chi connectivity index (χ1n) is 8.18. The van der Waals surface area contributed by atoms with Crippen LogP contribution in [0.15, 0.2) is 24.3 Å². The Kier molecular flexibility index (Phi) is 4.14. The second-order valence-corrected chi connectivity index (χ2v) is 8.10. The minimum atomic E-state index is -1.09. The van der Waals surface area contributed by atoms with E-state index in [1.165, 1.54) is 0 Å². The third-order valence-corrected chi connectivity index (χ3v) is 4.70. The molecule has 2 aliphatic rings. The molecule has 1 saturated heterocycles. The van der Waals surface area contributed by atoms with E-state index in [1.54, 1.807) is 6.92 Å². The van der Waals surface area contributed by atoms with Gasteiger partial charge in [0.25, 0.3) is 0 Å². The molecule has 2 fully saturated rings. The summed E-state index contributed by atoms with van der Waals surface area (Å²) in [6.07, 6.45) is -0.372. The van der Waals surface area contributed by atoms with Crippen LogP contribution in [0.3, 0.4) is 0 Å². The SMILES string of the molecule is CC1(C)COB(c2ccc([C@]3(NC(=O)O)C[C@@](C)(O)C3)cc2)OC1. The number of carbonyl (C=O) groups is 1. The van der Waals surface area contributed by atoms with E-state index in [2.05, 4.69) is 19.2 Å². The number of hydrogen-bond donors (Lipinski definition) is 3. The van der Waals surface area contributed by atoms with E-state index >= 15 is 0 Å². The van der Waals surface area contributed by atoms with Crippen molar-refractivity contribution in [1.29, 1.82) is 0 Å². The Morgan fingerprint density at radius 2 is 1.67 bits per heavy atom. The van der Waals surface area contributed by atoms with Crippen LogP contribution in [0.25, 0.3) is 0 Å². The van der Waals surface area contributed by atoms with Crippen molar-refractivity contribution >= 4 is 18.7 Å². The number of benzene rings is 1. The maximum atomic E-state index is 11.1. The van der Waals surface area contributed by atoms with Crippen molar-refractivity contribution in [2.24, 2.45) is 5.41 Å². The van der Waals surface area contributed by atoms with Crippen LogP contribution in [-0.4, -0.2) is 42.2 Å². The maximum absolute atomic E-state index is 11.1. The molecule has 1 heterocycles. The molecule has 0 aromatic heterocycles. The van der Waals surface area contributed by atoms with Gasteiger partial charge in [-0.05, 0) is 17.9 Å². The largest absolute Gasteiger partial charge is 0.493 e. The summed E-state index contributed by atoms with van der Waals surface area (Å²) in [5.74, 6) is 0. The first-order chi connectivity index (χ1) is 11.1. The van der Waals surface area contributed by atoms with Crippen molar-refractivity contribution in [2.75, 3.05) is 13.2 Å². The zero-order valence-corrected chi connectivity index (χ0v) is 14.3. The highest BCUT2D eigenvalue weighted by Gasteiger charge is 2.53. The van der Waals surface area contributed by atoms with Gasteiger partial charge in [0.1, 0.15) is 0 Å². The van der Waals surface area contributed by atoms with Crippen LogP contribution < -0.4 is 10.8 Å². The average Bonchev–Trinajstić information content (AvgIpc) is 2.44. The predicted molar refractivity (Wildman–Crippen MR) is 90.2 cm³/mol. The number of aliphatic hydroxyl groups is 1. The van der Waals surface area contributed by atoms with Crippen molar-refractivity contribution in [1.82, 2.24) is 5.32 Å². The van der Waals surface area contributed by atoms with Crippen LogP contribution in [0.2, 0.25) is 0 Å². The smallest absolute Gasteiger partial charge is 0.465 e. The van der Waals surface area contributed by atoms with Gasteiger partial charge in [-0.1, -0.05) is 38.1 Å². The van der Waals surface area contributed by atoms with Crippen LogP contribution in [0.4, 0.5) is 4.79 Å². The van der Waals surface area contributed by atoms with E-state index in [0.717, 1.165) is 11.0 Å². The summed E-state index contributed by atoms with van der Waals surface area (Å²) in [5, 5.41) is 21.7. The Balaban J connectivity index is 1.75. The van der Waals surface area contributed by atoms with Gasteiger partial charge in [0.05, 0.1) is 11.1 Å². The molecule has 7 heteroatoms. The third-order valence-electron chi connectivity index (χ3n) is 4.70. The lowest BCUT2D eigenvalue weighted by Gasteiger charge is -2.51. The van der Waals surface area contributed by atoms with Crippen LogP contribution in [0.5, 0.6) is 0 Å². The fourth-order valence-corrected chi connectivity index (χ4v) is 3.66. The number of rotatable bonds is 3. The van der Waals surface area contributed by atoms with Gasteiger partial charge in [0, 0.05) is 31.5 Å². The lowest BCUT2D eigenvalue weighted by atomic mass is 9.62. The van der Waals surface area contributed by atoms with Crippen LogP contribution in [0, 0.1) is 5.41 Å². The molecule has 3 N–H and O–H groups in total. The monoisotopic (exact) mass is 333 g/mol. The van der Waals surface area contributed by atoms with E-state index in [0.29, 0.717) is 26.1 Å². The van der Waals surface area contributed by atoms with Crippen molar-refractivity contribution in [3.63, 3.8) is 0 Å². The van der Waals surface area contributed by atoms with Crippen molar-refractivity contribution in [2.45, 2.75) is 44.8 Å². The van der Waals surface area contributed by atoms with Gasteiger partial charge in [-0.25, -0.2) is 4.79 Å². The molecule has 24 heavy (non-hydrogen) atoms. The molecule has 0 spiro atoms. The summed E-state index contributed by atoms with van der Waals surface area (Å²) in [7, 11) is -0.389. The number of amides is 1. The Morgan fingerprint density at radius 3 is 2.12 bits per heavy atom. The van der Waals surface area contributed by atoms with Crippen LogP contribution >= 0.6 is 0 Å². The highest BCUT2D eigenvalue weighted by atomic mass is 16.6. The standard InChI is InChI=1S/C17H24BNO5/c1-15(2)10-23-18(24-11-15)13-6-4-12(5-7-13)17(19-14(20)21)8-16(3,22)9-17/h4-7,19,22H,8-11H2,1-3H3,(H,20,21)/t16-,17+. The fraction of sp³-hybridized carbons (Fsp3) is 0.588. The molecule has 1 aliphatic carbocycles. The highest BCUT2D eigenvalue weighted by Crippen LogP contribution is 2.48. The highest BCUT2D eigenvalue weighted by molar-refractivity contribution is 6.61. The first kappa shape index (κ1) is 17.3. The Labute approximate surface area is 142 Å². The minimum Gasteiger partial charge on any atom is -0.465 e. The molecule has 130 valence electrons. The molecule has 0 radical (unpaired) electrons. The normalized spacial score (nSPS) is 32.1. The quantitative estimate of drug-likeness (QED) is 0.729. The van der Waals surface area contributed by atoms with Crippen molar-refractivity contribution < 1.29 is 24.3 Å². The lowest BCUT2D eigenvalue weighted by molar-refractivity contribution is -0.0858. The van der Waals surface area contributed by atoms with E-state index in [1.807, 2.05) is 24.3 Å². The summed E-state index contributed by atoms with van der Waals surface area (Å²) >= 11 is 0. The molecule has 1 aromatic rings. The third kappa shape index (κ3) is 3.43. The van der Waals surface area contributed by atoms with Crippen LogP contribution in [-0.2, 0) is 14.8 Å². The van der Waals surface area contributed by atoms with Gasteiger partial charge in [-0.2, -0.15) is 0 Å². The van der Waals surface area contributed by atoms with E-state index in [4.69, 9.17) is 14.4 Å². The maximum Gasteiger partial charge on any atom is 0.493 e. The molecule has 1 aliphatic heterocycles. The topological polar surface area (TPSA) is 88.0 Å². The Hall–Kier alpha value is -1.57. The molecule has 1 saturated carbocycles. The molecule has 1 amide bonds. The number of carboxylic acid groups (broad SMARTS) is 1. The van der Waals surface area contributed by atoms with E-state index in [-0.39, 0.29) is 12.5 Å². The van der Waals surface area contributed by atoms with Gasteiger partial charge in [0.2, 0.25) is 0 Å².